The van der Waals surface area contributed by atoms with Gasteiger partial charge >= 0.3 is 18.4 Å². The number of ether oxygens (including phenoxy) is 2. The van der Waals surface area contributed by atoms with Gasteiger partial charge in [0.15, 0.2) is 0 Å². The number of aliphatic hydroxyl groups is 1. The van der Waals surface area contributed by atoms with E-state index in [1.807, 2.05) is 6.92 Å². The van der Waals surface area contributed by atoms with Crippen LogP contribution in [0.4, 0.5) is 42.8 Å². The van der Waals surface area contributed by atoms with Crippen LogP contribution in [0.25, 0.3) is 11.4 Å². The number of hydrogen-bond donors (Lipinski definition) is 1. The molecule has 5 rings (SSSR count). The number of rotatable bonds is 10. The topological polar surface area (TPSA) is 132 Å². The number of hydrogen-bond acceptors (Lipinski definition) is 10. The van der Waals surface area contributed by atoms with E-state index < -0.39 is 48.2 Å². The number of tetrazole rings is 1. The van der Waals surface area contributed by atoms with Gasteiger partial charge in [0.25, 0.3) is 0 Å². The van der Waals surface area contributed by atoms with Crippen LogP contribution < -0.4 is 14.5 Å². The number of nitrogens with zero attached hydrogens (tertiary/aromatic N) is 8. The maximum Gasteiger partial charge on any atom is 0.416 e. The summed E-state index contributed by atoms with van der Waals surface area (Å²) in [6, 6.07) is 5.08. The highest BCUT2D eigenvalue weighted by atomic mass is 19.4. The first-order chi connectivity index (χ1) is 23.3. The van der Waals surface area contributed by atoms with Crippen molar-refractivity contribution >= 4 is 17.7 Å². The minimum absolute atomic E-state index is 0.0318. The maximum atomic E-state index is 13.9. The number of methoxy groups -OCH3 is 1. The molecule has 2 aromatic carbocycles. The molecule has 262 valence electrons. The zero-order valence-electron chi connectivity index (χ0n) is 26.5. The van der Waals surface area contributed by atoms with Crippen LogP contribution >= 0.6 is 0 Å². The summed E-state index contributed by atoms with van der Waals surface area (Å²) in [7, 11) is 1.43. The van der Waals surface area contributed by atoms with E-state index >= 15 is 0 Å². The lowest BCUT2D eigenvalue weighted by Gasteiger charge is -2.44. The van der Waals surface area contributed by atoms with Crippen LogP contribution in [0.2, 0.25) is 0 Å². The molecule has 2 aromatic heterocycles. The van der Waals surface area contributed by atoms with E-state index in [0.717, 1.165) is 4.80 Å². The van der Waals surface area contributed by atoms with Gasteiger partial charge in [-0.1, -0.05) is 6.92 Å². The monoisotopic (exact) mass is 694 g/mol. The molecule has 1 aliphatic rings. The Balaban J connectivity index is 1.67. The number of benzene rings is 2. The highest BCUT2D eigenvalue weighted by Crippen LogP contribution is 2.45. The van der Waals surface area contributed by atoms with Gasteiger partial charge in [-0.05, 0) is 66.9 Å². The van der Waals surface area contributed by atoms with E-state index in [1.165, 1.54) is 29.3 Å². The van der Waals surface area contributed by atoms with Crippen LogP contribution in [-0.4, -0.2) is 67.7 Å². The van der Waals surface area contributed by atoms with E-state index in [0.29, 0.717) is 41.1 Å². The lowest BCUT2D eigenvalue weighted by Crippen LogP contribution is -2.48. The van der Waals surface area contributed by atoms with E-state index in [2.05, 4.69) is 25.4 Å². The molecule has 0 saturated carbocycles. The van der Waals surface area contributed by atoms with E-state index in [4.69, 9.17) is 14.6 Å². The Hall–Kier alpha value is -5.00. The Morgan fingerprint density at radius 2 is 1.69 bits per heavy atom. The normalized spacial score (nSPS) is 16.3. The number of carbonyl (C=O) groups excluding carboxylic acids is 1. The zero-order chi connectivity index (χ0) is 35.5. The van der Waals surface area contributed by atoms with Gasteiger partial charge in [0.1, 0.15) is 5.75 Å². The molecule has 1 aliphatic heterocycles. The van der Waals surface area contributed by atoms with Crippen molar-refractivity contribution in [3.8, 4) is 17.1 Å². The predicted octanol–water partition coefficient (Wildman–Crippen LogP) is 6.06. The van der Waals surface area contributed by atoms with Crippen LogP contribution in [0.15, 0.2) is 48.8 Å². The smallest absolute Gasteiger partial charge is 0.416 e. The first-order valence-electron chi connectivity index (χ1n) is 15.2. The molecular formula is C31H32F6N8O4. The maximum absolute atomic E-state index is 13.9. The molecule has 2 atom stereocenters. The third-order valence-electron chi connectivity index (χ3n) is 7.93. The number of halogens is 6. The van der Waals surface area contributed by atoms with Crippen LogP contribution in [0, 0.1) is 0 Å². The molecule has 0 spiro atoms. The Labute approximate surface area is 276 Å². The van der Waals surface area contributed by atoms with Crippen molar-refractivity contribution in [1.82, 2.24) is 30.2 Å². The van der Waals surface area contributed by atoms with Crippen molar-refractivity contribution in [3.05, 3.63) is 71.0 Å². The summed E-state index contributed by atoms with van der Waals surface area (Å²) < 4.78 is 94.0. The van der Waals surface area contributed by atoms with Gasteiger partial charge in [0, 0.05) is 30.5 Å². The van der Waals surface area contributed by atoms with Crippen LogP contribution in [0.5, 0.6) is 5.75 Å². The van der Waals surface area contributed by atoms with Crippen molar-refractivity contribution in [2.24, 2.45) is 0 Å². The Morgan fingerprint density at radius 3 is 2.27 bits per heavy atom. The van der Waals surface area contributed by atoms with Gasteiger partial charge in [0.05, 0.1) is 55.3 Å². The number of alkyl halides is 6. The molecular weight excluding hydrogens is 662 g/mol. The second kappa shape index (κ2) is 14.2. The Bertz CT molecular complexity index is 1730. The zero-order valence-corrected chi connectivity index (χ0v) is 26.5. The summed E-state index contributed by atoms with van der Waals surface area (Å²) in [4.78, 5) is 26.2. The Morgan fingerprint density at radius 1 is 1.02 bits per heavy atom. The average molecular weight is 695 g/mol. The lowest BCUT2D eigenvalue weighted by molar-refractivity contribution is -0.143. The second-order valence-corrected chi connectivity index (χ2v) is 11.1. The predicted molar refractivity (Wildman–Crippen MR) is 162 cm³/mol. The number of aromatic nitrogens is 6. The molecule has 3 heterocycles. The third-order valence-corrected chi connectivity index (χ3v) is 7.93. The highest BCUT2D eigenvalue weighted by molar-refractivity contribution is 5.90. The van der Waals surface area contributed by atoms with Gasteiger partial charge in [-0.2, -0.15) is 31.1 Å². The summed E-state index contributed by atoms with van der Waals surface area (Å²) >= 11 is 0. The van der Waals surface area contributed by atoms with Crippen LogP contribution in [0.1, 0.15) is 55.0 Å². The standard InChI is InChI=1S/C31H32F6N8O4/c1-4-22-13-26(24-14-23(48-3)6-7-25(24)45(22)29(47)49-5-2)43(17-18-10-20(30(32,33)34)12-21(11-18)31(35,36)37)28-38-15-19(16-39-28)27-40-42-44(41-27)8-9-46/h6-7,10-12,14-16,22,26,46H,4-5,8-9,13,17H2,1-3H3/t22-,26+/m1/s1. The second-order valence-electron chi connectivity index (χ2n) is 11.1. The van der Waals surface area contributed by atoms with E-state index in [1.54, 1.807) is 25.1 Å². The first kappa shape index (κ1) is 35.3. The molecule has 0 fully saturated rings. The molecule has 0 bridgehead atoms. The van der Waals surface area contributed by atoms with Crippen molar-refractivity contribution < 1.29 is 45.7 Å². The number of fused-ring (bicyclic) bond motifs is 1. The van der Waals surface area contributed by atoms with Gasteiger partial charge in [-0.15, -0.1) is 10.2 Å². The van der Waals surface area contributed by atoms with Gasteiger partial charge in [-0.25, -0.2) is 14.8 Å². The summed E-state index contributed by atoms with van der Waals surface area (Å²) in [5.41, 5.74) is -1.99. The molecule has 1 amide bonds. The van der Waals surface area contributed by atoms with Crippen molar-refractivity contribution in [3.63, 3.8) is 0 Å². The van der Waals surface area contributed by atoms with E-state index in [-0.39, 0.29) is 49.6 Å². The van der Waals surface area contributed by atoms with Gasteiger partial charge < -0.3 is 19.5 Å². The number of aliphatic hydroxyl groups excluding tert-OH is 1. The minimum Gasteiger partial charge on any atom is -0.497 e. The average Bonchev–Trinajstić information content (AvgIpc) is 3.54. The lowest BCUT2D eigenvalue weighted by atomic mass is 9.88. The summed E-state index contributed by atoms with van der Waals surface area (Å²) in [5.74, 6) is 0.494. The summed E-state index contributed by atoms with van der Waals surface area (Å²) in [5, 5.41) is 21.0. The molecule has 0 aliphatic carbocycles. The number of amides is 1. The fourth-order valence-electron chi connectivity index (χ4n) is 5.67. The largest absolute Gasteiger partial charge is 0.497 e. The molecule has 12 nitrogen and oxygen atoms in total. The third kappa shape index (κ3) is 7.68. The van der Waals surface area contributed by atoms with Crippen molar-refractivity contribution in [2.45, 2.75) is 64.2 Å². The van der Waals surface area contributed by atoms with Crippen LogP contribution in [-0.2, 0) is 30.2 Å². The van der Waals surface area contributed by atoms with Gasteiger partial charge in [-0.3, -0.25) is 4.90 Å². The summed E-state index contributed by atoms with van der Waals surface area (Å²) in [6.45, 7) is 2.99. The van der Waals surface area contributed by atoms with Crippen molar-refractivity contribution in [2.75, 3.05) is 30.1 Å². The van der Waals surface area contributed by atoms with Crippen LogP contribution in [0.3, 0.4) is 0 Å². The SMILES string of the molecule is CCOC(=O)N1c2ccc(OC)cc2[C@@H](N(Cc2cc(C(F)(F)F)cc(C(F)(F)F)c2)c2ncc(-c3nnn(CCO)n3)cn2)C[C@H]1CC. The molecule has 1 N–H and O–H groups in total. The molecule has 0 unspecified atom stereocenters. The first-order valence-corrected chi connectivity index (χ1v) is 15.2. The fourth-order valence-corrected chi connectivity index (χ4v) is 5.67. The molecule has 4 aromatic rings. The molecule has 18 heteroatoms. The fraction of sp³-hybridized carbons (Fsp3) is 0.419. The quantitative estimate of drug-likeness (QED) is 0.196. The summed E-state index contributed by atoms with van der Waals surface area (Å²) in [6.07, 6.45) is -7.41. The molecule has 49 heavy (non-hydrogen) atoms. The number of anilines is 2. The molecule has 0 radical (unpaired) electrons. The minimum atomic E-state index is -5.06. The van der Waals surface area contributed by atoms with Crippen molar-refractivity contribution in [1.29, 1.82) is 0 Å². The van der Waals surface area contributed by atoms with Gasteiger partial charge in [0.2, 0.25) is 11.8 Å². The number of carbonyl (C=O) groups is 1. The Kier molecular flexibility index (Phi) is 10.3. The van der Waals surface area contributed by atoms with E-state index in [9.17, 15) is 31.1 Å². The molecule has 0 saturated heterocycles. The highest BCUT2D eigenvalue weighted by Gasteiger charge is 2.41.